The average molecular weight is 256 g/mol. The van der Waals surface area contributed by atoms with Gasteiger partial charge in [0.05, 0.1) is 18.6 Å². The Labute approximate surface area is 108 Å². The fourth-order valence-corrected chi connectivity index (χ4v) is 2.97. The molecule has 5 heteroatoms. The minimum Gasteiger partial charge on any atom is -0.396 e. The van der Waals surface area contributed by atoms with Gasteiger partial charge in [0.15, 0.2) is 0 Å². The van der Waals surface area contributed by atoms with Gasteiger partial charge in [0.2, 0.25) is 5.91 Å². The lowest BCUT2D eigenvalue weighted by molar-refractivity contribution is -0.142. The van der Waals surface area contributed by atoms with Crippen LogP contribution < -0.4 is 5.73 Å². The summed E-state index contributed by atoms with van der Waals surface area (Å²) in [4.78, 5) is 14.6. The summed E-state index contributed by atoms with van der Waals surface area (Å²) in [6.45, 7) is 3.82. The topological polar surface area (TPSA) is 75.8 Å². The summed E-state index contributed by atoms with van der Waals surface area (Å²) in [5.74, 6) is 0.132. The highest BCUT2D eigenvalue weighted by atomic mass is 16.5. The van der Waals surface area contributed by atoms with Gasteiger partial charge < -0.3 is 20.5 Å². The number of rotatable bonds is 4. The van der Waals surface area contributed by atoms with Crippen LogP contribution in [0.5, 0.6) is 0 Å². The Bertz CT molecular complexity index is 311. The molecule has 3 atom stereocenters. The monoisotopic (exact) mass is 256 g/mol. The zero-order valence-corrected chi connectivity index (χ0v) is 11.1. The van der Waals surface area contributed by atoms with Crippen LogP contribution in [0.25, 0.3) is 0 Å². The Morgan fingerprint density at radius 1 is 1.61 bits per heavy atom. The van der Waals surface area contributed by atoms with E-state index in [9.17, 15) is 4.79 Å². The molecule has 0 saturated carbocycles. The van der Waals surface area contributed by atoms with E-state index in [2.05, 4.69) is 0 Å². The van der Waals surface area contributed by atoms with E-state index in [0.29, 0.717) is 13.2 Å². The molecular weight excluding hydrogens is 232 g/mol. The first-order valence-electron chi connectivity index (χ1n) is 6.85. The Kier molecular flexibility index (Phi) is 4.25. The van der Waals surface area contributed by atoms with E-state index in [4.69, 9.17) is 15.6 Å². The second-order valence-electron chi connectivity index (χ2n) is 5.70. The third kappa shape index (κ3) is 2.39. The first-order chi connectivity index (χ1) is 8.59. The number of ether oxygens (including phenoxy) is 1. The summed E-state index contributed by atoms with van der Waals surface area (Å²) in [6.07, 6.45) is 3.73. The molecule has 0 radical (unpaired) electrons. The molecule has 0 aromatic rings. The van der Waals surface area contributed by atoms with Crippen molar-refractivity contribution in [3.05, 3.63) is 0 Å². The van der Waals surface area contributed by atoms with Crippen molar-refractivity contribution in [2.75, 3.05) is 26.4 Å². The Morgan fingerprint density at radius 3 is 3.00 bits per heavy atom. The lowest BCUT2D eigenvalue weighted by Crippen LogP contribution is -2.52. The summed E-state index contributed by atoms with van der Waals surface area (Å²) in [7, 11) is 0. The molecular formula is C13H24N2O3. The molecule has 0 aliphatic carbocycles. The number of hydrogen-bond donors (Lipinski definition) is 2. The average Bonchev–Trinajstić information content (AvgIpc) is 2.94. The molecule has 2 heterocycles. The predicted octanol–water partition coefficient (Wildman–Crippen LogP) is 0.114. The molecule has 2 aliphatic rings. The van der Waals surface area contributed by atoms with E-state index in [-0.39, 0.29) is 24.6 Å². The zero-order chi connectivity index (χ0) is 13.2. The highest BCUT2D eigenvalue weighted by Gasteiger charge is 2.48. The molecule has 0 bridgehead atoms. The van der Waals surface area contributed by atoms with E-state index < -0.39 is 5.41 Å². The number of aliphatic hydroxyl groups is 1. The van der Waals surface area contributed by atoms with Gasteiger partial charge in [-0.1, -0.05) is 0 Å². The third-order valence-corrected chi connectivity index (χ3v) is 4.34. The lowest BCUT2D eigenvalue weighted by Gasteiger charge is -2.34. The largest absolute Gasteiger partial charge is 0.396 e. The van der Waals surface area contributed by atoms with Crippen molar-refractivity contribution in [1.82, 2.24) is 4.90 Å². The molecule has 3 N–H and O–H groups in total. The van der Waals surface area contributed by atoms with Gasteiger partial charge in [0.25, 0.3) is 0 Å². The van der Waals surface area contributed by atoms with E-state index in [1.165, 1.54) is 0 Å². The quantitative estimate of drug-likeness (QED) is 0.749. The lowest BCUT2D eigenvalue weighted by atomic mass is 9.84. The van der Waals surface area contributed by atoms with Crippen LogP contribution in [0.3, 0.4) is 0 Å². The van der Waals surface area contributed by atoms with Gasteiger partial charge in [-0.15, -0.1) is 0 Å². The first kappa shape index (κ1) is 13.8. The molecule has 3 unspecified atom stereocenters. The highest BCUT2D eigenvalue weighted by molar-refractivity contribution is 5.84. The number of amides is 1. The number of nitrogens with two attached hydrogens (primary N) is 1. The fraction of sp³-hybridized carbons (Fsp3) is 0.923. The molecule has 0 spiro atoms. The standard InChI is InChI=1S/C13H24N2O3/c1-13(9-18-8-11(13)14)12(17)15-6-2-4-10(15)5-3-7-16/h10-11,16H,2-9,14H2,1H3. The second kappa shape index (κ2) is 5.55. The molecule has 0 aromatic heterocycles. The second-order valence-corrected chi connectivity index (χ2v) is 5.70. The summed E-state index contributed by atoms with van der Waals surface area (Å²) in [5.41, 5.74) is 5.45. The molecule has 18 heavy (non-hydrogen) atoms. The summed E-state index contributed by atoms with van der Waals surface area (Å²) < 4.78 is 5.36. The van der Waals surface area contributed by atoms with E-state index in [1.807, 2.05) is 11.8 Å². The summed E-state index contributed by atoms with van der Waals surface area (Å²) in [5, 5.41) is 8.91. The van der Waals surface area contributed by atoms with Gasteiger partial charge in [0, 0.05) is 25.2 Å². The Hall–Kier alpha value is -0.650. The zero-order valence-electron chi connectivity index (χ0n) is 11.1. The SMILES string of the molecule is CC1(C(=O)N2CCCC2CCCO)COCC1N. The van der Waals surface area contributed by atoms with Crippen molar-refractivity contribution in [2.45, 2.75) is 44.7 Å². The molecule has 5 nitrogen and oxygen atoms in total. The van der Waals surface area contributed by atoms with Crippen molar-refractivity contribution < 1.29 is 14.6 Å². The van der Waals surface area contributed by atoms with Gasteiger partial charge in [-0.05, 0) is 32.6 Å². The molecule has 2 fully saturated rings. The fourth-order valence-electron chi connectivity index (χ4n) is 2.97. The maximum Gasteiger partial charge on any atom is 0.232 e. The summed E-state index contributed by atoms with van der Waals surface area (Å²) in [6, 6.07) is 0.0679. The number of nitrogens with zero attached hydrogens (tertiary/aromatic N) is 1. The van der Waals surface area contributed by atoms with Crippen LogP contribution in [0, 0.1) is 5.41 Å². The summed E-state index contributed by atoms with van der Waals surface area (Å²) >= 11 is 0. The minimum atomic E-state index is -0.568. The van der Waals surface area contributed by atoms with Gasteiger partial charge in [0.1, 0.15) is 0 Å². The van der Waals surface area contributed by atoms with Crippen LogP contribution in [-0.4, -0.2) is 54.4 Å². The maximum atomic E-state index is 12.7. The van der Waals surface area contributed by atoms with Gasteiger partial charge in [-0.2, -0.15) is 0 Å². The van der Waals surface area contributed by atoms with Crippen molar-refractivity contribution in [3.63, 3.8) is 0 Å². The van der Waals surface area contributed by atoms with Crippen molar-refractivity contribution in [3.8, 4) is 0 Å². The van der Waals surface area contributed by atoms with Crippen molar-refractivity contribution >= 4 is 5.91 Å². The van der Waals surface area contributed by atoms with Crippen molar-refractivity contribution in [1.29, 1.82) is 0 Å². The number of likely N-dealkylation sites (tertiary alicyclic amines) is 1. The molecule has 1 amide bonds. The highest BCUT2D eigenvalue weighted by Crippen LogP contribution is 2.33. The Morgan fingerprint density at radius 2 is 2.39 bits per heavy atom. The number of carbonyl (C=O) groups is 1. The van der Waals surface area contributed by atoms with Crippen LogP contribution in [0.2, 0.25) is 0 Å². The molecule has 104 valence electrons. The molecule has 2 saturated heterocycles. The number of aliphatic hydroxyl groups excluding tert-OH is 1. The first-order valence-corrected chi connectivity index (χ1v) is 6.85. The van der Waals surface area contributed by atoms with Crippen LogP contribution in [0.1, 0.15) is 32.6 Å². The number of carbonyl (C=O) groups excluding carboxylic acids is 1. The molecule has 2 aliphatic heterocycles. The smallest absolute Gasteiger partial charge is 0.232 e. The van der Waals surface area contributed by atoms with Gasteiger partial charge in [-0.3, -0.25) is 4.79 Å². The van der Waals surface area contributed by atoms with Crippen molar-refractivity contribution in [2.24, 2.45) is 11.1 Å². The Balaban J connectivity index is 2.03. The van der Waals surface area contributed by atoms with E-state index >= 15 is 0 Å². The van der Waals surface area contributed by atoms with Gasteiger partial charge in [-0.25, -0.2) is 0 Å². The van der Waals surface area contributed by atoms with Crippen LogP contribution in [-0.2, 0) is 9.53 Å². The van der Waals surface area contributed by atoms with E-state index in [0.717, 1.165) is 32.2 Å². The maximum absolute atomic E-state index is 12.7. The van der Waals surface area contributed by atoms with E-state index in [1.54, 1.807) is 0 Å². The normalized spacial score (nSPS) is 36.3. The number of hydrogen-bond acceptors (Lipinski definition) is 4. The molecule has 2 rings (SSSR count). The molecule has 0 aromatic carbocycles. The third-order valence-electron chi connectivity index (χ3n) is 4.34. The predicted molar refractivity (Wildman–Crippen MR) is 68.0 cm³/mol. The van der Waals surface area contributed by atoms with Crippen LogP contribution in [0.15, 0.2) is 0 Å². The van der Waals surface area contributed by atoms with Gasteiger partial charge >= 0.3 is 0 Å². The van der Waals surface area contributed by atoms with Crippen LogP contribution in [0.4, 0.5) is 0 Å². The minimum absolute atomic E-state index is 0.132. The van der Waals surface area contributed by atoms with Crippen LogP contribution >= 0.6 is 0 Å².